The van der Waals surface area contributed by atoms with Gasteiger partial charge in [-0.2, -0.15) is 4.31 Å². The summed E-state index contributed by atoms with van der Waals surface area (Å²) in [7, 11) is -3.31. The number of hydrogen-bond donors (Lipinski definition) is 1. The van der Waals surface area contributed by atoms with Crippen LogP contribution in [0.1, 0.15) is 31.1 Å². The standard InChI is InChI=1S/C13H22N2O2S2/c1-2-15(10-11-4-3-5-11)19(16,17)13-7-6-12(18-13)8-9-14/h6-7,11H,2-5,8-10,14H2,1H3. The van der Waals surface area contributed by atoms with E-state index in [9.17, 15) is 8.42 Å². The normalized spacial score (nSPS) is 16.8. The predicted molar refractivity (Wildman–Crippen MR) is 78.9 cm³/mol. The first-order valence-electron chi connectivity index (χ1n) is 6.87. The van der Waals surface area contributed by atoms with Crippen molar-refractivity contribution >= 4 is 21.4 Å². The number of nitrogens with two attached hydrogens (primary N) is 1. The SMILES string of the molecule is CCN(CC1CCC1)S(=O)(=O)c1ccc(CCN)s1. The van der Waals surface area contributed by atoms with Crippen LogP contribution >= 0.6 is 11.3 Å². The van der Waals surface area contributed by atoms with Crippen molar-refractivity contribution in [1.29, 1.82) is 0 Å². The van der Waals surface area contributed by atoms with Crippen LogP contribution in [0.15, 0.2) is 16.3 Å². The lowest BCUT2D eigenvalue weighted by Crippen LogP contribution is -2.36. The molecule has 6 heteroatoms. The molecule has 4 nitrogen and oxygen atoms in total. The van der Waals surface area contributed by atoms with Crippen LogP contribution < -0.4 is 5.73 Å². The Morgan fingerprint density at radius 3 is 2.68 bits per heavy atom. The van der Waals surface area contributed by atoms with E-state index in [4.69, 9.17) is 5.73 Å². The topological polar surface area (TPSA) is 63.4 Å². The van der Waals surface area contributed by atoms with E-state index < -0.39 is 10.0 Å². The van der Waals surface area contributed by atoms with Gasteiger partial charge in [0.25, 0.3) is 10.0 Å². The van der Waals surface area contributed by atoms with E-state index in [0.29, 0.717) is 29.8 Å². The Kier molecular flexibility index (Phi) is 5.00. The Labute approximate surface area is 119 Å². The van der Waals surface area contributed by atoms with Crippen LogP contribution in [-0.4, -0.2) is 32.4 Å². The molecule has 0 aliphatic heterocycles. The van der Waals surface area contributed by atoms with Gasteiger partial charge >= 0.3 is 0 Å². The molecule has 0 unspecified atom stereocenters. The highest BCUT2D eigenvalue weighted by Crippen LogP contribution is 2.30. The molecule has 1 aliphatic carbocycles. The van der Waals surface area contributed by atoms with E-state index in [1.165, 1.54) is 17.8 Å². The average Bonchev–Trinajstić information content (AvgIpc) is 2.77. The highest BCUT2D eigenvalue weighted by atomic mass is 32.2. The van der Waals surface area contributed by atoms with E-state index >= 15 is 0 Å². The van der Waals surface area contributed by atoms with Crippen molar-refractivity contribution in [3.05, 3.63) is 17.0 Å². The minimum absolute atomic E-state index is 0.456. The first kappa shape index (κ1) is 15.0. The van der Waals surface area contributed by atoms with Crippen molar-refractivity contribution in [3.8, 4) is 0 Å². The Bertz CT molecular complexity index is 506. The lowest BCUT2D eigenvalue weighted by molar-refractivity contribution is 0.250. The number of hydrogen-bond acceptors (Lipinski definition) is 4. The number of nitrogens with zero attached hydrogens (tertiary/aromatic N) is 1. The second kappa shape index (κ2) is 6.35. The third-order valence-electron chi connectivity index (χ3n) is 3.66. The summed E-state index contributed by atoms with van der Waals surface area (Å²) in [4.78, 5) is 1.04. The summed E-state index contributed by atoms with van der Waals surface area (Å²) in [5.74, 6) is 0.554. The molecule has 0 saturated heterocycles. The molecule has 2 rings (SSSR count). The van der Waals surface area contributed by atoms with Crippen molar-refractivity contribution in [2.45, 2.75) is 36.8 Å². The Balaban J connectivity index is 2.13. The third kappa shape index (κ3) is 3.37. The van der Waals surface area contributed by atoms with E-state index in [1.54, 1.807) is 10.4 Å². The molecule has 1 saturated carbocycles. The van der Waals surface area contributed by atoms with Gasteiger partial charge in [-0.15, -0.1) is 11.3 Å². The summed E-state index contributed by atoms with van der Waals surface area (Å²) in [5.41, 5.74) is 5.50. The zero-order chi connectivity index (χ0) is 13.9. The predicted octanol–water partition coefficient (Wildman–Crippen LogP) is 2.06. The molecular formula is C13H22N2O2S2. The number of thiophene rings is 1. The summed E-state index contributed by atoms with van der Waals surface area (Å²) in [5, 5.41) is 0. The van der Waals surface area contributed by atoms with Crippen molar-refractivity contribution in [2.75, 3.05) is 19.6 Å². The molecule has 0 atom stereocenters. The Morgan fingerprint density at radius 2 is 2.16 bits per heavy atom. The molecule has 0 spiro atoms. The van der Waals surface area contributed by atoms with Crippen molar-refractivity contribution in [3.63, 3.8) is 0 Å². The van der Waals surface area contributed by atoms with Gasteiger partial charge in [-0.3, -0.25) is 0 Å². The fraction of sp³-hybridized carbons (Fsp3) is 0.692. The molecule has 0 amide bonds. The first-order valence-corrected chi connectivity index (χ1v) is 9.12. The van der Waals surface area contributed by atoms with Crippen molar-refractivity contribution in [2.24, 2.45) is 11.7 Å². The fourth-order valence-electron chi connectivity index (χ4n) is 2.26. The minimum Gasteiger partial charge on any atom is -0.330 e. The quantitative estimate of drug-likeness (QED) is 0.838. The minimum atomic E-state index is -3.31. The van der Waals surface area contributed by atoms with Gasteiger partial charge in [0.1, 0.15) is 4.21 Å². The molecule has 1 aromatic rings. The van der Waals surface area contributed by atoms with Gasteiger partial charge < -0.3 is 5.73 Å². The van der Waals surface area contributed by atoms with Gasteiger partial charge in [0.05, 0.1) is 0 Å². The van der Waals surface area contributed by atoms with Gasteiger partial charge in [0.2, 0.25) is 0 Å². The van der Waals surface area contributed by atoms with Crippen LogP contribution in [0, 0.1) is 5.92 Å². The molecular weight excluding hydrogens is 280 g/mol. The summed E-state index contributed by atoms with van der Waals surface area (Å²) >= 11 is 1.35. The smallest absolute Gasteiger partial charge is 0.252 e. The highest BCUT2D eigenvalue weighted by Gasteiger charge is 2.29. The molecule has 0 aromatic carbocycles. The van der Waals surface area contributed by atoms with Gasteiger partial charge in [-0.1, -0.05) is 13.3 Å². The molecule has 1 aliphatic rings. The van der Waals surface area contributed by atoms with Crippen LogP contribution in [0.3, 0.4) is 0 Å². The Hall–Kier alpha value is -0.430. The second-order valence-electron chi connectivity index (χ2n) is 5.01. The van der Waals surface area contributed by atoms with Gasteiger partial charge in [-0.05, 0) is 43.9 Å². The summed E-state index contributed by atoms with van der Waals surface area (Å²) in [6.45, 7) is 3.68. The molecule has 0 radical (unpaired) electrons. The fourth-order valence-corrected chi connectivity index (χ4v) is 5.31. The molecule has 2 N–H and O–H groups in total. The van der Waals surface area contributed by atoms with Crippen LogP contribution in [0.4, 0.5) is 0 Å². The van der Waals surface area contributed by atoms with Crippen LogP contribution in [-0.2, 0) is 16.4 Å². The van der Waals surface area contributed by atoms with Crippen LogP contribution in [0.5, 0.6) is 0 Å². The summed E-state index contributed by atoms with van der Waals surface area (Å²) in [6.07, 6.45) is 4.31. The van der Waals surface area contributed by atoms with Gasteiger partial charge in [0.15, 0.2) is 0 Å². The van der Waals surface area contributed by atoms with Crippen molar-refractivity contribution < 1.29 is 8.42 Å². The largest absolute Gasteiger partial charge is 0.330 e. The molecule has 1 fully saturated rings. The maximum Gasteiger partial charge on any atom is 0.252 e. The molecule has 0 bridgehead atoms. The lowest BCUT2D eigenvalue weighted by atomic mass is 9.85. The molecule has 108 valence electrons. The van der Waals surface area contributed by atoms with E-state index in [-0.39, 0.29) is 0 Å². The molecule has 1 heterocycles. The number of sulfonamides is 1. The number of rotatable bonds is 7. The second-order valence-corrected chi connectivity index (χ2v) is 8.35. The van der Waals surface area contributed by atoms with Crippen molar-refractivity contribution in [1.82, 2.24) is 4.31 Å². The van der Waals surface area contributed by atoms with E-state index in [1.807, 2.05) is 13.0 Å². The van der Waals surface area contributed by atoms with Gasteiger partial charge in [0, 0.05) is 18.0 Å². The highest BCUT2D eigenvalue weighted by molar-refractivity contribution is 7.91. The summed E-state index contributed by atoms with van der Waals surface area (Å²) < 4.78 is 27.2. The maximum absolute atomic E-state index is 12.6. The zero-order valence-electron chi connectivity index (χ0n) is 11.3. The third-order valence-corrected chi connectivity index (χ3v) is 7.21. The monoisotopic (exact) mass is 302 g/mol. The lowest BCUT2D eigenvalue weighted by Gasteiger charge is -2.30. The van der Waals surface area contributed by atoms with Gasteiger partial charge in [-0.25, -0.2) is 8.42 Å². The van der Waals surface area contributed by atoms with E-state index in [0.717, 1.165) is 24.1 Å². The average molecular weight is 302 g/mol. The van der Waals surface area contributed by atoms with Crippen LogP contribution in [0.2, 0.25) is 0 Å². The Morgan fingerprint density at radius 1 is 1.42 bits per heavy atom. The summed E-state index contributed by atoms with van der Waals surface area (Å²) in [6, 6.07) is 3.59. The molecule has 1 aromatic heterocycles. The zero-order valence-corrected chi connectivity index (χ0v) is 13.0. The first-order chi connectivity index (χ1) is 9.07. The van der Waals surface area contributed by atoms with E-state index in [2.05, 4.69) is 0 Å². The van der Waals surface area contributed by atoms with Crippen LogP contribution in [0.25, 0.3) is 0 Å². The maximum atomic E-state index is 12.6. The molecule has 19 heavy (non-hydrogen) atoms.